The van der Waals surface area contributed by atoms with Gasteiger partial charge in [0.15, 0.2) is 11.5 Å². The summed E-state index contributed by atoms with van der Waals surface area (Å²) < 4.78 is 37.5. The van der Waals surface area contributed by atoms with Crippen molar-refractivity contribution < 1.29 is 23.4 Å². The third-order valence-electron chi connectivity index (χ3n) is 5.26. The van der Waals surface area contributed by atoms with Crippen LogP contribution in [0.3, 0.4) is 0 Å². The van der Waals surface area contributed by atoms with E-state index < -0.39 is 12.0 Å². The summed E-state index contributed by atoms with van der Waals surface area (Å²) in [5.41, 5.74) is 1.07. The molecule has 6 nitrogen and oxygen atoms in total. The molecule has 0 radical (unpaired) electrons. The number of methoxy groups -OCH3 is 1. The van der Waals surface area contributed by atoms with Crippen molar-refractivity contribution >= 4 is 0 Å². The minimum Gasteiger partial charge on any atom is -0.493 e. The second-order valence-electron chi connectivity index (χ2n) is 7.63. The monoisotopic (exact) mass is 395 g/mol. The van der Waals surface area contributed by atoms with Gasteiger partial charge in [-0.2, -0.15) is 5.26 Å². The van der Waals surface area contributed by atoms with Crippen LogP contribution in [0.5, 0.6) is 11.5 Å². The zero-order chi connectivity index (χ0) is 20.1. The van der Waals surface area contributed by atoms with Gasteiger partial charge in [-0.1, -0.05) is 6.07 Å². The highest BCUT2D eigenvalue weighted by Gasteiger charge is 2.34. The van der Waals surface area contributed by atoms with Crippen molar-refractivity contribution in [2.75, 3.05) is 46.4 Å². The van der Waals surface area contributed by atoms with Crippen molar-refractivity contribution in [2.24, 2.45) is 5.92 Å². The maximum absolute atomic E-state index is 13.2. The fourth-order valence-corrected chi connectivity index (χ4v) is 3.57. The number of aliphatic hydroxyl groups excluding tert-OH is 1. The topological polar surface area (TPSA) is 69.0 Å². The Morgan fingerprint density at radius 1 is 1.25 bits per heavy atom. The number of alkyl halides is 2. The number of nitriles is 1. The molecule has 3 rings (SSSR count). The Kier molecular flexibility index (Phi) is 6.70. The molecule has 2 aliphatic rings. The molecule has 0 saturated carbocycles. The molecule has 0 aromatic heterocycles. The lowest BCUT2D eigenvalue weighted by molar-refractivity contribution is -0.0628. The van der Waals surface area contributed by atoms with E-state index in [-0.39, 0.29) is 38.5 Å². The molecule has 1 aromatic rings. The third kappa shape index (κ3) is 5.53. The summed E-state index contributed by atoms with van der Waals surface area (Å²) in [7, 11) is 1.56. The molecule has 154 valence electrons. The van der Waals surface area contributed by atoms with Gasteiger partial charge in [0.05, 0.1) is 19.1 Å². The molecule has 0 spiro atoms. The van der Waals surface area contributed by atoms with Crippen molar-refractivity contribution in [2.45, 2.75) is 31.4 Å². The zero-order valence-corrected chi connectivity index (χ0v) is 16.1. The van der Waals surface area contributed by atoms with Gasteiger partial charge in [0.25, 0.3) is 5.92 Å². The highest BCUT2D eigenvalue weighted by Crippen LogP contribution is 2.30. The maximum atomic E-state index is 13.2. The average Bonchev–Trinajstić information content (AvgIpc) is 2.64. The summed E-state index contributed by atoms with van der Waals surface area (Å²) in [6.07, 6.45) is -1.09. The lowest BCUT2D eigenvalue weighted by Gasteiger charge is -2.35. The maximum Gasteiger partial charge on any atom is 0.250 e. The number of likely N-dealkylation sites (tertiary alicyclic amines) is 2. The predicted octanol–water partition coefficient (Wildman–Crippen LogP) is 2.12. The number of ether oxygens (including phenoxy) is 2. The fourth-order valence-electron chi connectivity index (χ4n) is 3.57. The molecule has 1 aromatic carbocycles. The van der Waals surface area contributed by atoms with Gasteiger partial charge < -0.3 is 19.5 Å². The summed E-state index contributed by atoms with van der Waals surface area (Å²) in [6.45, 7) is 3.26. The van der Waals surface area contributed by atoms with Gasteiger partial charge in [0.2, 0.25) is 0 Å². The van der Waals surface area contributed by atoms with E-state index in [9.17, 15) is 13.9 Å². The van der Waals surface area contributed by atoms with Crippen LogP contribution in [0, 0.1) is 17.2 Å². The van der Waals surface area contributed by atoms with E-state index >= 15 is 0 Å². The van der Waals surface area contributed by atoms with Crippen LogP contribution < -0.4 is 9.47 Å². The molecule has 0 aliphatic carbocycles. The van der Waals surface area contributed by atoms with Gasteiger partial charge in [-0.3, -0.25) is 4.90 Å². The Morgan fingerprint density at radius 2 is 1.96 bits per heavy atom. The number of nitrogens with zero attached hydrogens (tertiary/aromatic N) is 3. The summed E-state index contributed by atoms with van der Waals surface area (Å²) in [6, 6.07) is 7.91. The lowest BCUT2D eigenvalue weighted by atomic mass is 10.0. The lowest BCUT2D eigenvalue weighted by Crippen LogP contribution is -2.45. The van der Waals surface area contributed by atoms with Crippen LogP contribution in [-0.4, -0.2) is 73.4 Å². The Hall–Kier alpha value is -1.95. The smallest absolute Gasteiger partial charge is 0.250 e. The first-order valence-corrected chi connectivity index (χ1v) is 9.58. The molecule has 0 bridgehead atoms. The van der Waals surface area contributed by atoms with E-state index in [0.29, 0.717) is 18.0 Å². The minimum atomic E-state index is -2.58. The zero-order valence-electron chi connectivity index (χ0n) is 16.1. The summed E-state index contributed by atoms with van der Waals surface area (Å²) >= 11 is 0. The third-order valence-corrected chi connectivity index (χ3v) is 5.26. The van der Waals surface area contributed by atoms with Crippen LogP contribution in [0.25, 0.3) is 0 Å². The van der Waals surface area contributed by atoms with E-state index in [1.807, 2.05) is 23.1 Å². The highest BCUT2D eigenvalue weighted by molar-refractivity contribution is 5.43. The second-order valence-corrected chi connectivity index (χ2v) is 7.63. The van der Waals surface area contributed by atoms with Crippen LogP contribution in [0.15, 0.2) is 18.2 Å². The van der Waals surface area contributed by atoms with Gasteiger partial charge in [0, 0.05) is 52.1 Å². The number of hydrogen-bond acceptors (Lipinski definition) is 6. The number of hydrogen-bond donors (Lipinski definition) is 1. The standard InChI is InChI=1S/C20H27F2N3O3/c1-27-19-8-15(10-25-11-16(9-23)12-25)2-3-18(19)28-14-17(26)13-24-6-4-20(21,22)5-7-24/h2-3,8,16-17,26H,4-7,10-14H2,1H3. The van der Waals surface area contributed by atoms with Crippen LogP contribution in [0.1, 0.15) is 18.4 Å². The molecule has 8 heteroatoms. The molecule has 2 fully saturated rings. The average molecular weight is 395 g/mol. The normalized spacial score (nSPS) is 21.5. The first kappa shape index (κ1) is 20.8. The van der Waals surface area contributed by atoms with Crippen molar-refractivity contribution in [3.05, 3.63) is 23.8 Å². The van der Waals surface area contributed by atoms with Gasteiger partial charge >= 0.3 is 0 Å². The van der Waals surface area contributed by atoms with E-state index in [2.05, 4.69) is 11.0 Å². The fraction of sp³-hybridized carbons (Fsp3) is 0.650. The van der Waals surface area contributed by atoms with Crippen LogP contribution >= 0.6 is 0 Å². The highest BCUT2D eigenvalue weighted by atomic mass is 19.3. The molecule has 2 aliphatic heterocycles. The first-order chi connectivity index (χ1) is 13.4. The Balaban J connectivity index is 1.46. The van der Waals surface area contributed by atoms with Gasteiger partial charge in [-0.05, 0) is 17.7 Å². The Bertz CT molecular complexity index is 694. The second kappa shape index (κ2) is 9.03. The van der Waals surface area contributed by atoms with E-state index in [0.717, 1.165) is 25.2 Å². The van der Waals surface area contributed by atoms with Crippen LogP contribution in [0.4, 0.5) is 8.78 Å². The van der Waals surface area contributed by atoms with Crippen LogP contribution in [-0.2, 0) is 6.54 Å². The van der Waals surface area contributed by atoms with Crippen molar-refractivity contribution in [3.63, 3.8) is 0 Å². The molecular formula is C20H27F2N3O3. The Morgan fingerprint density at radius 3 is 2.61 bits per heavy atom. The van der Waals surface area contributed by atoms with Crippen molar-refractivity contribution in [1.29, 1.82) is 5.26 Å². The summed E-state index contributed by atoms with van der Waals surface area (Å²) in [5.74, 6) is -1.34. The molecule has 1 N–H and O–H groups in total. The molecule has 1 atom stereocenters. The SMILES string of the molecule is COc1cc(CN2CC(C#N)C2)ccc1OCC(O)CN1CCC(F)(F)CC1. The van der Waals surface area contributed by atoms with E-state index in [4.69, 9.17) is 14.7 Å². The molecule has 1 unspecified atom stereocenters. The molecule has 2 heterocycles. The number of β-amino-alcohol motifs (C(OH)–C–C–N with tert-alkyl or cyclic N) is 1. The van der Waals surface area contributed by atoms with Crippen molar-refractivity contribution in [3.8, 4) is 17.6 Å². The summed E-state index contributed by atoms with van der Waals surface area (Å²) in [5, 5.41) is 19.0. The van der Waals surface area contributed by atoms with Gasteiger partial charge in [-0.25, -0.2) is 8.78 Å². The molecule has 28 heavy (non-hydrogen) atoms. The number of halogens is 2. The predicted molar refractivity (Wildman–Crippen MR) is 99.5 cm³/mol. The number of benzene rings is 1. The van der Waals surface area contributed by atoms with E-state index in [1.54, 1.807) is 7.11 Å². The molecule has 0 amide bonds. The first-order valence-electron chi connectivity index (χ1n) is 9.58. The number of piperidine rings is 1. The number of aliphatic hydroxyl groups is 1. The summed E-state index contributed by atoms with van der Waals surface area (Å²) in [4.78, 5) is 4.03. The van der Waals surface area contributed by atoms with Crippen LogP contribution in [0.2, 0.25) is 0 Å². The largest absolute Gasteiger partial charge is 0.493 e. The van der Waals surface area contributed by atoms with Gasteiger partial charge in [0.1, 0.15) is 12.7 Å². The van der Waals surface area contributed by atoms with E-state index in [1.165, 1.54) is 0 Å². The molecular weight excluding hydrogens is 368 g/mol. The van der Waals surface area contributed by atoms with Crippen molar-refractivity contribution in [1.82, 2.24) is 9.80 Å². The molecule has 2 saturated heterocycles. The number of rotatable bonds is 8. The Labute approximate surface area is 164 Å². The van der Waals surface area contributed by atoms with Gasteiger partial charge in [-0.15, -0.1) is 0 Å². The minimum absolute atomic E-state index is 0.0680. The quantitative estimate of drug-likeness (QED) is 0.727.